The fourth-order valence-electron chi connectivity index (χ4n) is 2.30. The zero-order chi connectivity index (χ0) is 15.0. The molecule has 0 bridgehead atoms. The van der Waals surface area contributed by atoms with Gasteiger partial charge in [-0.05, 0) is 15.9 Å². The van der Waals surface area contributed by atoms with Crippen LogP contribution in [0.25, 0.3) is 10.9 Å². The Morgan fingerprint density at radius 2 is 2.38 bits per heavy atom. The molecule has 3 rings (SSSR count). The van der Waals surface area contributed by atoms with Gasteiger partial charge in [0.1, 0.15) is 16.8 Å². The van der Waals surface area contributed by atoms with Crippen LogP contribution in [0.15, 0.2) is 21.8 Å². The van der Waals surface area contributed by atoms with Crippen molar-refractivity contribution in [2.75, 3.05) is 25.1 Å². The van der Waals surface area contributed by atoms with E-state index in [1.807, 2.05) is 0 Å². The molecule has 0 aromatic carbocycles. The Morgan fingerprint density at radius 3 is 3.10 bits per heavy atom. The van der Waals surface area contributed by atoms with Gasteiger partial charge in [-0.15, -0.1) is 0 Å². The van der Waals surface area contributed by atoms with E-state index in [1.165, 1.54) is 10.9 Å². The molecular formula is C13H15BrN4O3. The number of aliphatic hydroxyl groups is 1. The quantitative estimate of drug-likeness (QED) is 0.841. The van der Waals surface area contributed by atoms with Crippen LogP contribution >= 0.6 is 15.9 Å². The zero-order valence-electron chi connectivity index (χ0n) is 11.5. The maximum atomic E-state index is 12.3. The number of ether oxygens (including phenoxy) is 1. The lowest BCUT2D eigenvalue weighted by Gasteiger charge is -2.21. The summed E-state index contributed by atoms with van der Waals surface area (Å²) in [6, 6.07) is 0. The molecule has 0 radical (unpaired) electrons. The lowest BCUT2D eigenvalue weighted by atomic mass is 10.0. The summed E-state index contributed by atoms with van der Waals surface area (Å²) in [7, 11) is 1.64. The number of nitrogens with one attached hydrogen (secondary N) is 1. The monoisotopic (exact) mass is 354 g/mol. The van der Waals surface area contributed by atoms with Crippen LogP contribution in [0.5, 0.6) is 0 Å². The lowest BCUT2D eigenvalue weighted by molar-refractivity contribution is 0.0381. The molecule has 2 N–H and O–H groups in total. The van der Waals surface area contributed by atoms with Crippen LogP contribution in [0.2, 0.25) is 0 Å². The molecule has 1 fully saturated rings. The lowest BCUT2D eigenvalue weighted by Crippen LogP contribution is -2.37. The van der Waals surface area contributed by atoms with Crippen LogP contribution in [-0.2, 0) is 11.8 Å². The van der Waals surface area contributed by atoms with E-state index in [0.29, 0.717) is 34.2 Å². The minimum absolute atomic E-state index is 0.189. The van der Waals surface area contributed by atoms with Crippen LogP contribution in [-0.4, -0.2) is 45.0 Å². The molecule has 0 amide bonds. The Labute approximate surface area is 129 Å². The van der Waals surface area contributed by atoms with Gasteiger partial charge < -0.3 is 19.7 Å². The number of rotatable bonds is 3. The summed E-state index contributed by atoms with van der Waals surface area (Å²) < 4.78 is 7.26. The molecule has 1 aliphatic heterocycles. The van der Waals surface area contributed by atoms with Crippen molar-refractivity contribution in [2.45, 2.75) is 12.0 Å². The SMILES string of the molecule is Cn1cnc2c(Br)cnc(NC[C@@]3(O)CCOC3)c2c1=O. The van der Waals surface area contributed by atoms with Crippen LogP contribution in [0.3, 0.4) is 0 Å². The molecule has 2 aromatic heterocycles. The summed E-state index contributed by atoms with van der Waals surface area (Å²) in [6.45, 7) is 1.09. The largest absolute Gasteiger partial charge is 0.386 e. The van der Waals surface area contributed by atoms with Gasteiger partial charge in [-0.2, -0.15) is 0 Å². The molecule has 0 aliphatic carbocycles. The molecule has 1 saturated heterocycles. The third-order valence-corrected chi connectivity index (χ3v) is 4.15. The molecule has 1 atom stereocenters. The third kappa shape index (κ3) is 2.66. The summed E-state index contributed by atoms with van der Waals surface area (Å²) in [4.78, 5) is 20.8. The van der Waals surface area contributed by atoms with Crippen LogP contribution in [0, 0.1) is 0 Å². The van der Waals surface area contributed by atoms with Gasteiger partial charge in [-0.1, -0.05) is 0 Å². The van der Waals surface area contributed by atoms with Gasteiger partial charge >= 0.3 is 0 Å². The number of nitrogens with zero attached hydrogens (tertiary/aromatic N) is 3. The van der Waals surface area contributed by atoms with Crippen molar-refractivity contribution < 1.29 is 9.84 Å². The molecule has 2 aromatic rings. The summed E-state index contributed by atoms with van der Waals surface area (Å²) in [5.41, 5.74) is -0.564. The maximum absolute atomic E-state index is 12.3. The number of hydrogen-bond acceptors (Lipinski definition) is 6. The predicted molar refractivity (Wildman–Crippen MR) is 81.4 cm³/mol. The zero-order valence-corrected chi connectivity index (χ0v) is 13.1. The standard InChI is InChI=1S/C13H15BrN4O3/c1-18-7-17-10-8(14)4-15-11(9(10)12(18)19)16-5-13(20)2-3-21-6-13/h4,7,20H,2-3,5-6H2,1H3,(H,15,16)/t13-/m0/s1. The van der Waals surface area contributed by atoms with Gasteiger partial charge in [0.2, 0.25) is 0 Å². The Hall–Kier alpha value is -1.51. The van der Waals surface area contributed by atoms with Crippen molar-refractivity contribution in [1.29, 1.82) is 0 Å². The summed E-state index contributed by atoms with van der Waals surface area (Å²) in [5.74, 6) is 0.419. The Balaban J connectivity index is 2.00. The molecule has 3 heterocycles. The first-order valence-corrected chi connectivity index (χ1v) is 7.33. The molecule has 8 heteroatoms. The van der Waals surface area contributed by atoms with Gasteiger partial charge in [-0.3, -0.25) is 4.79 Å². The molecule has 1 aliphatic rings. The minimum atomic E-state index is -0.922. The number of halogens is 1. The highest BCUT2D eigenvalue weighted by atomic mass is 79.9. The molecule has 21 heavy (non-hydrogen) atoms. The van der Waals surface area contributed by atoms with Crippen molar-refractivity contribution in [3.63, 3.8) is 0 Å². The van der Waals surface area contributed by atoms with Crippen molar-refractivity contribution >= 4 is 32.7 Å². The topological polar surface area (TPSA) is 89.3 Å². The number of fused-ring (bicyclic) bond motifs is 1. The van der Waals surface area contributed by atoms with E-state index in [2.05, 4.69) is 31.2 Å². The summed E-state index contributed by atoms with van der Waals surface area (Å²) in [6.07, 6.45) is 3.62. The van der Waals surface area contributed by atoms with Crippen LogP contribution in [0.1, 0.15) is 6.42 Å². The van der Waals surface area contributed by atoms with Gasteiger partial charge in [0.05, 0.1) is 22.9 Å². The number of aryl methyl sites for hydroxylation is 1. The summed E-state index contributed by atoms with van der Waals surface area (Å²) in [5, 5.41) is 13.7. The van der Waals surface area contributed by atoms with E-state index in [0.717, 1.165) is 0 Å². The predicted octanol–water partition coefficient (Wildman–Crippen LogP) is 0.654. The number of hydrogen-bond donors (Lipinski definition) is 2. The van der Waals surface area contributed by atoms with Crippen molar-refractivity contribution in [1.82, 2.24) is 14.5 Å². The molecule has 7 nitrogen and oxygen atoms in total. The second kappa shape index (κ2) is 5.36. The Kier molecular flexibility index (Phi) is 3.68. The number of pyridine rings is 1. The second-order valence-corrected chi connectivity index (χ2v) is 6.07. The average Bonchev–Trinajstić information content (AvgIpc) is 2.89. The first-order chi connectivity index (χ1) is 10.0. The van der Waals surface area contributed by atoms with Gasteiger partial charge in [0.15, 0.2) is 0 Å². The van der Waals surface area contributed by atoms with Crippen molar-refractivity contribution in [3.8, 4) is 0 Å². The first-order valence-electron chi connectivity index (χ1n) is 6.54. The third-order valence-electron chi connectivity index (χ3n) is 3.57. The van der Waals surface area contributed by atoms with E-state index >= 15 is 0 Å². The van der Waals surface area contributed by atoms with E-state index < -0.39 is 5.60 Å². The fraction of sp³-hybridized carbons (Fsp3) is 0.462. The number of anilines is 1. The van der Waals surface area contributed by atoms with Crippen LogP contribution in [0.4, 0.5) is 5.82 Å². The minimum Gasteiger partial charge on any atom is -0.386 e. The van der Waals surface area contributed by atoms with Crippen molar-refractivity contribution in [3.05, 3.63) is 27.4 Å². The molecule has 112 valence electrons. The number of aromatic nitrogens is 3. The highest BCUT2D eigenvalue weighted by Crippen LogP contribution is 2.25. The van der Waals surface area contributed by atoms with E-state index in [4.69, 9.17) is 4.74 Å². The Morgan fingerprint density at radius 1 is 1.57 bits per heavy atom. The molecule has 0 spiro atoms. The maximum Gasteiger partial charge on any atom is 0.264 e. The van der Waals surface area contributed by atoms with E-state index in [1.54, 1.807) is 13.2 Å². The average molecular weight is 355 g/mol. The summed E-state index contributed by atoms with van der Waals surface area (Å²) >= 11 is 3.35. The molecule has 0 saturated carbocycles. The van der Waals surface area contributed by atoms with E-state index in [-0.39, 0.29) is 18.7 Å². The highest BCUT2D eigenvalue weighted by molar-refractivity contribution is 9.10. The smallest absolute Gasteiger partial charge is 0.264 e. The highest BCUT2D eigenvalue weighted by Gasteiger charge is 2.32. The van der Waals surface area contributed by atoms with Gasteiger partial charge in [0, 0.05) is 32.8 Å². The Bertz CT molecular complexity index is 740. The van der Waals surface area contributed by atoms with Crippen LogP contribution < -0.4 is 10.9 Å². The molecule has 0 unspecified atom stereocenters. The normalized spacial score (nSPS) is 21.9. The van der Waals surface area contributed by atoms with Gasteiger partial charge in [0.25, 0.3) is 5.56 Å². The second-order valence-electron chi connectivity index (χ2n) is 5.22. The molecular weight excluding hydrogens is 340 g/mol. The van der Waals surface area contributed by atoms with Crippen molar-refractivity contribution in [2.24, 2.45) is 7.05 Å². The van der Waals surface area contributed by atoms with E-state index in [9.17, 15) is 9.90 Å². The van der Waals surface area contributed by atoms with Gasteiger partial charge in [-0.25, -0.2) is 9.97 Å². The first kappa shape index (κ1) is 14.4. The fourth-order valence-corrected chi connectivity index (χ4v) is 2.70.